The van der Waals surface area contributed by atoms with Gasteiger partial charge in [0, 0.05) is 38.5 Å². The topological polar surface area (TPSA) is 78.5 Å². The molecule has 0 spiro atoms. The maximum atomic E-state index is 12.0. The van der Waals surface area contributed by atoms with Crippen molar-refractivity contribution in [1.82, 2.24) is 15.5 Å². The maximum absolute atomic E-state index is 12.0. The van der Waals surface area contributed by atoms with Gasteiger partial charge in [-0.1, -0.05) is 13.0 Å². The van der Waals surface area contributed by atoms with E-state index in [0.29, 0.717) is 11.4 Å². The third-order valence-electron chi connectivity index (χ3n) is 4.27. The van der Waals surface area contributed by atoms with Crippen molar-refractivity contribution in [3.05, 3.63) is 22.4 Å². The van der Waals surface area contributed by atoms with Crippen LogP contribution in [-0.2, 0) is 9.59 Å². The number of likely N-dealkylation sites (tertiary alicyclic amines) is 1. The van der Waals surface area contributed by atoms with E-state index < -0.39 is 0 Å². The minimum Gasteiger partial charge on any atom is -0.355 e. The molecular weight excluding hydrogens is 338 g/mol. The van der Waals surface area contributed by atoms with E-state index in [1.807, 2.05) is 18.4 Å². The van der Waals surface area contributed by atoms with Crippen molar-refractivity contribution in [2.75, 3.05) is 26.2 Å². The van der Waals surface area contributed by atoms with E-state index in [-0.39, 0.29) is 36.5 Å². The molecule has 2 rings (SSSR count). The Kier molecular flexibility index (Phi) is 8.08. The van der Waals surface area contributed by atoms with Crippen LogP contribution < -0.4 is 10.6 Å². The molecule has 1 aromatic rings. The molecule has 25 heavy (non-hydrogen) atoms. The smallest absolute Gasteiger partial charge is 0.234 e. The highest BCUT2D eigenvalue weighted by atomic mass is 32.1. The molecule has 7 heteroatoms. The second kappa shape index (κ2) is 10.3. The standard InChI is InChI=1S/C18H27N3O3S/c1-2-9-19-18(24)13-21-10-7-14(8-11-21)20-17(23)6-5-15(22)16-4-3-12-25-16/h3-4,12,14H,2,5-11,13H2,1H3,(H,19,24)(H,20,23). The number of hydrogen-bond acceptors (Lipinski definition) is 5. The Balaban J connectivity index is 1.61. The van der Waals surface area contributed by atoms with Gasteiger partial charge in [0.15, 0.2) is 5.78 Å². The second-order valence-corrected chi connectivity index (χ2v) is 7.32. The molecule has 1 aliphatic heterocycles. The van der Waals surface area contributed by atoms with E-state index >= 15 is 0 Å². The number of carbonyl (C=O) groups excluding carboxylic acids is 3. The molecule has 1 saturated heterocycles. The van der Waals surface area contributed by atoms with Gasteiger partial charge in [-0.05, 0) is 30.7 Å². The molecule has 2 heterocycles. The van der Waals surface area contributed by atoms with Crippen LogP contribution in [0.3, 0.4) is 0 Å². The lowest BCUT2D eigenvalue weighted by Crippen LogP contribution is -2.47. The van der Waals surface area contributed by atoms with Gasteiger partial charge in [-0.2, -0.15) is 0 Å². The number of rotatable bonds is 9. The SMILES string of the molecule is CCCNC(=O)CN1CCC(NC(=O)CCC(=O)c2cccs2)CC1. The number of thiophene rings is 1. The van der Waals surface area contributed by atoms with Gasteiger partial charge in [-0.25, -0.2) is 0 Å². The lowest BCUT2D eigenvalue weighted by molar-refractivity contribution is -0.124. The van der Waals surface area contributed by atoms with E-state index in [4.69, 9.17) is 0 Å². The zero-order valence-electron chi connectivity index (χ0n) is 14.8. The molecule has 0 aromatic carbocycles. The largest absolute Gasteiger partial charge is 0.355 e. The number of nitrogens with zero attached hydrogens (tertiary/aromatic N) is 1. The number of hydrogen-bond donors (Lipinski definition) is 2. The first kappa shape index (κ1) is 19.6. The summed E-state index contributed by atoms with van der Waals surface area (Å²) in [7, 11) is 0. The van der Waals surface area contributed by atoms with Crippen molar-refractivity contribution >= 4 is 28.9 Å². The summed E-state index contributed by atoms with van der Waals surface area (Å²) in [5.74, 6) is 0.0264. The highest BCUT2D eigenvalue weighted by Crippen LogP contribution is 2.13. The molecular formula is C18H27N3O3S. The fourth-order valence-electron chi connectivity index (χ4n) is 2.85. The number of ketones is 1. The summed E-state index contributed by atoms with van der Waals surface area (Å²) in [6.07, 6.45) is 3.10. The van der Waals surface area contributed by atoms with E-state index in [1.54, 1.807) is 6.07 Å². The highest BCUT2D eigenvalue weighted by molar-refractivity contribution is 7.12. The van der Waals surface area contributed by atoms with Crippen molar-refractivity contribution in [3.8, 4) is 0 Å². The first-order chi connectivity index (χ1) is 12.1. The maximum Gasteiger partial charge on any atom is 0.234 e. The summed E-state index contributed by atoms with van der Waals surface area (Å²) in [6, 6.07) is 3.77. The van der Waals surface area contributed by atoms with Crippen molar-refractivity contribution in [2.24, 2.45) is 0 Å². The first-order valence-electron chi connectivity index (χ1n) is 8.93. The Bertz CT molecular complexity index is 566. The normalized spacial score (nSPS) is 15.7. The van der Waals surface area contributed by atoms with E-state index in [0.717, 1.165) is 38.9 Å². The van der Waals surface area contributed by atoms with Gasteiger partial charge in [0.25, 0.3) is 0 Å². The molecule has 0 saturated carbocycles. The molecule has 0 radical (unpaired) electrons. The minimum atomic E-state index is -0.0657. The zero-order chi connectivity index (χ0) is 18.1. The molecule has 2 amide bonds. The van der Waals surface area contributed by atoms with Crippen LogP contribution in [0.1, 0.15) is 48.7 Å². The van der Waals surface area contributed by atoms with Crippen LogP contribution in [0, 0.1) is 0 Å². The summed E-state index contributed by atoms with van der Waals surface area (Å²) in [4.78, 5) is 38.5. The Hall–Kier alpha value is -1.73. The first-order valence-corrected chi connectivity index (χ1v) is 9.81. The predicted molar refractivity (Wildman–Crippen MR) is 98.8 cm³/mol. The Morgan fingerprint density at radius 2 is 1.96 bits per heavy atom. The van der Waals surface area contributed by atoms with Crippen molar-refractivity contribution in [3.63, 3.8) is 0 Å². The number of Topliss-reactive ketones (excluding diaryl/α,β-unsaturated/α-hetero) is 1. The lowest BCUT2D eigenvalue weighted by atomic mass is 10.0. The summed E-state index contributed by atoms with van der Waals surface area (Å²) in [6.45, 7) is 4.78. The van der Waals surface area contributed by atoms with Crippen LogP contribution in [-0.4, -0.2) is 54.7 Å². The Morgan fingerprint density at radius 3 is 2.60 bits per heavy atom. The molecule has 0 aliphatic carbocycles. The van der Waals surface area contributed by atoms with Gasteiger partial charge in [0.1, 0.15) is 0 Å². The average Bonchev–Trinajstić information content (AvgIpc) is 3.14. The Labute approximate surface area is 153 Å². The molecule has 0 unspecified atom stereocenters. The fourth-order valence-corrected chi connectivity index (χ4v) is 3.54. The van der Waals surface area contributed by atoms with Crippen LogP contribution in [0.2, 0.25) is 0 Å². The molecule has 2 N–H and O–H groups in total. The molecule has 6 nitrogen and oxygen atoms in total. The van der Waals surface area contributed by atoms with E-state index in [2.05, 4.69) is 15.5 Å². The summed E-state index contributed by atoms with van der Waals surface area (Å²) >= 11 is 1.41. The predicted octanol–water partition coefficient (Wildman–Crippen LogP) is 1.82. The molecule has 0 bridgehead atoms. The average molecular weight is 365 g/mol. The monoisotopic (exact) mass is 365 g/mol. The summed E-state index contributed by atoms with van der Waals surface area (Å²) in [5, 5.41) is 7.76. The lowest BCUT2D eigenvalue weighted by Gasteiger charge is -2.31. The van der Waals surface area contributed by atoms with Crippen LogP contribution in [0.5, 0.6) is 0 Å². The van der Waals surface area contributed by atoms with Gasteiger partial charge in [-0.15, -0.1) is 11.3 Å². The number of carbonyl (C=O) groups is 3. The molecule has 1 aromatic heterocycles. The van der Waals surface area contributed by atoms with Crippen molar-refractivity contribution in [2.45, 2.75) is 45.1 Å². The van der Waals surface area contributed by atoms with Gasteiger partial charge >= 0.3 is 0 Å². The zero-order valence-corrected chi connectivity index (χ0v) is 15.6. The number of amides is 2. The fraction of sp³-hybridized carbons (Fsp3) is 0.611. The molecule has 138 valence electrons. The third kappa shape index (κ3) is 6.96. The van der Waals surface area contributed by atoms with E-state index in [9.17, 15) is 14.4 Å². The van der Waals surface area contributed by atoms with E-state index in [1.165, 1.54) is 11.3 Å². The van der Waals surface area contributed by atoms with Gasteiger partial charge in [-0.3, -0.25) is 19.3 Å². The molecule has 0 atom stereocenters. The quantitative estimate of drug-likeness (QED) is 0.654. The summed E-state index contributed by atoms with van der Waals surface area (Å²) in [5.41, 5.74) is 0. The number of nitrogens with one attached hydrogen (secondary N) is 2. The van der Waals surface area contributed by atoms with Crippen LogP contribution in [0.4, 0.5) is 0 Å². The Morgan fingerprint density at radius 1 is 1.20 bits per heavy atom. The van der Waals surface area contributed by atoms with Crippen LogP contribution in [0.15, 0.2) is 17.5 Å². The second-order valence-electron chi connectivity index (χ2n) is 6.37. The van der Waals surface area contributed by atoms with Crippen molar-refractivity contribution in [1.29, 1.82) is 0 Å². The molecule has 1 aliphatic rings. The van der Waals surface area contributed by atoms with Crippen LogP contribution >= 0.6 is 11.3 Å². The number of piperidine rings is 1. The van der Waals surface area contributed by atoms with Gasteiger partial charge in [0.05, 0.1) is 11.4 Å². The molecule has 1 fully saturated rings. The minimum absolute atomic E-state index is 0.0260. The third-order valence-corrected chi connectivity index (χ3v) is 5.18. The van der Waals surface area contributed by atoms with Crippen LogP contribution in [0.25, 0.3) is 0 Å². The van der Waals surface area contributed by atoms with Gasteiger partial charge < -0.3 is 10.6 Å². The summed E-state index contributed by atoms with van der Waals surface area (Å²) < 4.78 is 0. The highest BCUT2D eigenvalue weighted by Gasteiger charge is 2.22. The van der Waals surface area contributed by atoms with Crippen molar-refractivity contribution < 1.29 is 14.4 Å². The van der Waals surface area contributed by atoms with Gasteiger partial charge in [0.2, 0.25) is 11.8 Å².